The highest BCUT2D eigenvalue weighted by Gasteiger charge is 2.61. The van der Waals surface area contributed by atoms with Gasteiger partial charge >= 0.3 is 0 Å². The smallest absolute Gasteiger partial charge is 0.184 e. The van der Waals surface area contributed by atoms with Crippen molar-refractivity contribution in [3.8, 4) is 0 Å². The average Bonchev–Trinajstić information content (AvgIpc) is 2.73. The van der Waals surface area contributed by atoms with Gasteiger partial charge in [0.1, 0.15) is 6.10 Å². The molecule has 0 saturated heterocycles. The molecule has 3 saturated carbocycles. The molecule has 0 amide bonds. The fraction of sp³-hybridized carbons (Fsp3) is 0.842. The van der Waals surface area contributed by atoms with Gasteiger partial charge in [0, 0.05) is 0 Å². The number of allylic oxidation sites excluding steroid dienone is 1. The fourth-order valence-corrected chi connectivity index (χ4v) is 6.60. The van der Waals surface area contributed by atoms with Crippen molar-refractivity contribution in [2.24, 2.45) is 28.6 Å². The number of rotatable bonds is 0. The van der Waals surface area contributed by atoms with Crippen LogP contribution in [0.2, 0.25) is 0 Å². The van der Waals surface area contributed by atoms with Crippen LogP contribution >= 0.6 is 0 Å². The lowest BCUT2D eigenvalue weighted by atomic mass is 9.47. The first-order chi connectivity index (χ1) is 10.8. The van der Waals surface area contributed by atoms with E-state index in [0.717, 1.165) is 25.7 Å². The van der Waals surface area contributed by atoms with Crippen molar-refractivity contribution in [1.82, 2.24) is 0 Å². The van der Waals surface area contributed by atoms with Crippen LogP contribution in [0.1, 0.15) is 52.4 Å². The Bertz CT molecular complexity index is 570. The summed E-state index contributed by atoms with van der Waals surface area (Å²) < 4.78 is 0. The zero-order valence-electron chi connectivity index (χ0n) is 14.0. The SMILES string of the molecule is C[C@]12CC[C@H]3[C@@H](CCC4=CC(=O)[C@@H](O)C[C@@]43C)[C@@H]1C[C@H](O)[C@@H]2O. The zero-order valence-corrected chi connectivity index (χ0v) is 14.0. The van der Waals surface area contributed by atoms with Crippen LogP contribution in [0.15, 0.2) is 11.6 Å². The molecule has 4 heteroatoms. The maximum atomic E-state index is 11.9. The zero-order chi connectivity index (χ0) is 16.6. The molecule has 4 aliphatic carbocycles. The van der Waals surface area contributed by atoms with Crippen molar-refractivity contribution in [1.29, 1.82) is 0 Å². The summed E-state index contributed by atoms with van der Waals surface area (Å²) >= 11 is 0. The highest BCUT2D eigenvalue weighted by molar-refractivity contribution is 5.95. The highest BCUT2D eigenvalue weighted by Crippen LogP contribution is 2.65. The lowest BCUT2D eigenvalue weighted by Crippen LogP contribution is -2.53. The molecular formula is C19H28O4. The van der Waals surface area contributed by atoms with Gasteiger partial charge in [0.05, 0.1) is 12.2 Å². The maximum Gasteiger partial charge on any atom is 0.184 e. The third-order valence-corrected chi connectivity index (χ3v) is 7.97. The van der Waals surface area contributed by atoms with Gasteiger partial charge in [0.2, 0.25) is 0 Å². The van der Waals surface area contributed by atoms with Crippen LogP contribution in [0.5, 0.6) is 0 Å². The predicted molar refractivity (Wildman–Crippen MR) is 85.5 cm³/mol. The minimum Gasteiger partial charge on any atom is -0.390 e. The summed E-state index contributed by atoms with van der Waals surface area (Å²) in [5.41, 5.74) is 0.939. The first kappa shape index (κ1) is 15.8. The van der Waals surface area contributed by atoms with E-state index in [4.69, 9.17) is 0 Å². The monoisotopic (exact) mass is 320 g/mol. The topological polar surface area (TPSA) is 77.8 Å². The molecule has 0 bridgehead atoms. The third kappa shape index (κ3) is 1.98. The molecule has 0 unspecified atom stereocenters. The largest absolute Gasteiger partial charge is 0.390 e. The number of hydrogen-bond donors (Lipinski definition) is 3. The van der Waals surface area contributed by atoms with E-state index in [9.17, 15) is 20.1 Å². The van der Waals surface area contributed by atoms with Gasteiger partial charge in [0.15, 0.2) is 5.78 Å². The Morgan fingerprint density at radius 1 is 1.13 bits per heavy atom. The third-order valence-electron chi connectivity index (χ3n) is 7.97. The number of aliphatic hydroxyl groups excluding tert-OH is 3. The van der Waals surface area contributed by atoms with E-state index in [1.54, 1.807) is 6.08 Å². The van der Waals surface area contributed by atoms with Gasteiger partial charge in [-0.05, 0) is 73.2 Å². The second-order valence-corrected chi connectivity index (χ2v) is 8.92. The molecular weight excluding hydrogens is 292 g/mol. The first-order valence-electron chi connectivity index (χ1n) is 9.06. The molecule has 0 aromatic carbocycles. The first-order valence-corrected chi connectivity index (χ1v) is 9.06. The summed E-state index contributed by atoms with van der Waals surface area (Å²) in [6.45, 7) is 4.36. The van der Waals surface area contributed by atoms with Crippen molar-refractivity contribution in [3.05, 3.63) is 11.6 Å². The van der Waals surface area contributed by atoms with Crippen molar-refractivity contribution < 1.29 is 20.1 Å². The standard InChI is InChI=1S/C19H28O4/c1-18-6-5-12-11(13(18)8-15(21)17(18)23)4-3-10-7-14(20)16(22)9-19(10,12)2/h7,11-13,15-17,21-23H,3-6,8-9H2,1-2H3/t11-,12+,13+,15+,16+,17+,18+,19+/m1/s1. The van der Waals surface area contributed by atoms with Crippen LogP contribution < -0.4 is 0 Å². The molecule has 3 N–H and O–H groups in total. The van der Waals surface area contributed by atoms with Gasteiger partial charge < -0.3 is 15.3 Å². The van der Waals surface area contributed by atoms with Gasteiger partial charge in [-0.3, -0.25) is 4.79 Å². The molecule has 23 heavy (non-hydrogen) atoms. The van der Waals surface area contributed by atoms with E-state index in [2.05, 4.69) is 13.8 Å². The minimum absolute atomic E-state index is 0.101. The number of ketones is 1. The summed E-state index contributed by atoms with van der Waals surface area (Å²) in [4.78, 5) is 11.9. The highest BCUT2D eigenvalue weighted by atomic mass is 16.3. The van der Waals surface area contributed by atoms with Crippen LogP contribution in [0.4, 0.5) is 0 Å². The molecule has 4 rings (SSSR count). The van der Waals surface area contributed by atoms with Crippen LogP contribution in [0.25, 0.3) is 0 Å². The number of carbonyl (C=O) groups is 1. The fourth-order valence-electron chi connectivity index (χ4n) is 6.60. The van der Waals surface area contributed by atoms with Crippen LogP contribution in [0, 0.1) is 28.6 Å². The number of carbonyl (C=O) groups excluding carboxylic acids is 1. The molecule has 0 aromatic rings. The van der Waals surface area contributed by atoms with Gasteiger partial charge in [-0.2, -0.15) is 0 Å². The van der Waals surface area contributed by atoms with Crippen molar-refractivity contribution in [2.75, 3.05) is 0 Å². The molecule has 0 radical (unpaired) electrons. The Morgan fingerprint density at radius 3 is 2.61 bits per heavy atom. The molecule has 0 heterocycles. The van der Waals surface area contributed by atoms with Crippen LogP contribution in [0.3, 0.4) is 0 Å². The Morgan fingerprint density at radius 2 is 1.87 bits per heavy atom. The molecule has 8 atom stereocenters. The van der Waals surface area contributed by atoms with Crippen LogP contribution in [-0.2, 0) is 4.79 Å². The average molecular weight is 320 g/mol. The van der Waals surface area contributed by atoms with Gasteiger partial charge in [-0.1, -0.05) is 19.4 Å². The Labute approximate surface area is 137 Å². The van der Waals surface area contributed by atoms with Crippen LogP contribution in [-0.4, -0.2) is 39.4 Å². The van der Waals surface area contributed by atoms with Crippen molar-refractivity contribution >= 4 is 5.78 Å². The minimum atomic E-state index is -0.865. The summed E-state index contributed by atoms with van der Waals surface area (Å²) in [5, 5.41) is 30.8. The second kappa shape index (κ2) is 4.90. The maximum absolute atomic E-state index is 11.9. The lowest BCUT2D eigenvalue weighted by Gasteiger charge is -2.57. The van der Waals surface area contributed by atoms with Gasteiger partial charge in [-0.15, -0.1) is 0 Å². The lowest BCUT2D eigenvalue weighted by molar-refractivity contribution is -0.129. The van der Waals surface area contributed by atoms with Gasteiger partial charge in [0.25, 0.3) is 0 Å². The second-order valence-electron chi connectivity index (χ2n) is 8.92. The summed E-state index contributed by atoms with van der Waals surface area (Å²) in [6.07, 6.45) is 4.73. The van der Waals surface area contributed by atoms with E-state index in [0.29, 0.717) is 30.6 Å². The molecule has 4 aliphatic rings. The summed E-state index contributed by atoms with van der Waals surface area (Å²) in [5.74, 6) is 1.13. The molecule has 0 aliphatic heterocycles. The summed E-state index contributed by atoms with van der Waals surface area (Å²) in [6, 6.07) is 0. The van der Waals surface area contributed by atoms with E-state index in [1.807, 2.05) is 0 Å². The number of aliphatic hydroxyl groups is 3. The van der Waals surface area contributed by atoms with E-state index in [1.165, 1.54) is 5.57 Å². The summed E-state index contributed by atoms with van der Waals surface area (Å²) in [7, 11) is 0. The van der Waals surface area contributed by atoms with E-state index >= 15 is 0 Å². The van der Waals surface area contributed by atoms with Crippen molar-refractivity contribution in [2.45, 2.75) is 70.7 Å². The molecule has 3 fully saturated rings. The Hall–Kier alpha value is -0.710. The quantitative estimate of drug-likeness (QED) is 0.636. The Balaban J connectivity index is 1.70. The normalized spacial score (nSPS) is 55.7. The molecule has 128 valence electrons. The van der Waals surface area contributed by atoms with Gasteiger partial charge in [-0.25, -0.2) is 0 Å². The van der Waals surface area contributed by atoms with E-state index in [-0.39, 0.29) is 16.6 Å². The Kier molecular flexibility index (Phi) is 3.37. The van der Waals surface area contributed by atoms with Crippen molar-refractivity contribution in [3.63, 3.8) is 0 Å². The molecule has 0 spiro atoms. The molecule has 4 nitrogen and oxygen atoms in total. The number of hydrogen-bond acceptors (Lipinski definition) is 4. The number of fused-ring (bicyclic) bond motifs is 5. The predicted octanol–water partition coefficient (Wildman–Crippen LogP) is 1.82. The molecule has 0 aromatic heterocycles. The van der Waals surface area contributed by atoms with E-state index < -0.39 is 18.3 Å².